The van der Waals surface area contributed by atoms with E-state index >= 15 is 0 Å². The molecule has 0 saturated heterocycles. The molecule has 2 heterocycles. The first-order valence-corrected chi connectivity index (χ1v) is 9.89. The summed E-state index contributed by atoms with van der Waals surface area (Å²) in [6, 6.07) is 9.30. The van der Waals surface area contributed by atoms with Gasteiger partial charge in [-0.3, -0.25) is 19.8 Å². The van der Waals surface area contributed by atoms with Crippen molar-refractivity contribution in [3.63, 3.8) is 0 Å². The number of nitrogens with one attached hydrogen (secondary N) is 1. The van der Waals surface area contributed by atoms with Crippen LogP contribution < -0.4 is 10.2 Å². The fraction of sp³-hybridized carbons (Fsp3) is 0.167. The number of benzene rings is 1. The minimum absolute atomic E-state index is 0.133. The molecule has 9 heteroatoms. The quantitative estimate of drug-likeness (QED) is 0.635. The highest BCUT2D eigenvalue weighted by atomic mass is 32.1. The number of amides is 2. The fourth-order valence-electron chi connectivity index (χ4n) is 2.21. The molecule has 0 aliphatic carbocycles. The molecule has 2 amide bonds. The first kappa shape index (κ1) is 18.9. The van der Waals surface area contributed by atoms with Gasteiger partial charge in [0.05, 0.1) is 11.4 Å². The highest BCUT2D eigenvalue weighted by molar-refractivity contribution is 7.15. The number of carbonyl (C=O) groups is 2. The summed E-state index contributed by atoms with van der Waals surface area (Å²) in [5.74, 6) is -0.443. The Morgan fingerprint density at radius 1 is 1.22 bits per heavy atom. The van der Waals surface area contributed by atoms with Gasteiger partial charge in [-0.15, -0.1) is 21.5 Å². The van der Waals surface area contributed by atoms with Crippen LogP contribution in [0.15, 0.2) is 41.8 Å². The third-order valence-electron chi connectivity index (χ3n) is 3.44. The highest BCUT2D eigenvalue weighted by Crippen LogP contribution is 2.29. The van der Waals surface area contributed by atoms with Crippen LogP contribution in [0.2, 0.25) is 0 Å². The van der Waals surface area contributed by atoms with Crippen LogP contribution in [-0.2, 0) is 16.0 Å². The maximum absolute atomic E-state index is 12.0. The van der Waals surface area contributed by atoms with E-state index in [2.05, 4.69) is 20.5 Å². The topological polar surface area (TPSA) is 88.1 Å². The lowest BCUT2D eigenvalue weighted by Crippen LogP contribution is -2.22. The molecule has 0 unspecified atom stereocenters. The zero-order valence-corrected chi connectivity index (χ0v) is 16.4. The van der Waals surface area contributed by atoms with E-state index in [-0.39, 0.29) is 11.8 Å². The Morgan fingerprint density at radius 2 is 2.00 bits per heavy atom. The van der Waals surface area contributed by atoms with Crippen LogP contribution >= 0.6 is 22.7 Å². The van der Waals surface area contributed by atoms with Crippen LogP contribution in [-0.4, -0.2) is 27.0 Å². The Morgan fingerprint density at radius 3 is 2.67 bits per heavy atom. The van der Waals surface area contributed by atoms with Crippen molar-refractivity contribution < 1.29 is 9.59 Å². The summed E-state index contributed by atoms with van der Waals surface area (Å²) in [6.45, 7) is 3.47. The second-order valence-corrected chi connectivity index (χ2v) is 7.32. The van der Waals surface area contributed by atoms with Crippen LogP contribution in [0, 0.1) is 0 Å². The van der Waals surface area contributed by atoms with Crippen LogP contribution in [0.3, 0.4) is 0 Å². The van der Waals surface area contributed by atoms with Crippen molar-refractivity contribution in [2.75, 3.05) is 10.2 Å². The molecule has 0 bridgehead atoms. The van der Waals surface area contributed by atoms with Gasteiger partial charge in [0.2, 0.25) is 16.9 Å². The summed E-state index contributed by atoms with van der Waals surface area (Å²) in [6.07, 6.45) is 3.76. The molecule has 1 aromatic carbocycles. The van der Waals surface area contributed by atoms with Crippen molar-refractivity contribution in [3.05, 3.63) is 52.5 Å². The Kier molecular flexibility index (Phi) is 6.05. The van der Waals surface area contributed by atoms with Gasteiger partial charge in [-0.05, 0) is 24.6 Å². The van der Waals surface area contributed by atoms with E-state index in [1.807, 2.05) is 37.3 Å². The Hall–Kier alpha value is -2.91. The molecule has 0 aliphatic heterocycles. The standard InChI is InChI=1S/C18H17N5O2S2/c1-3-16-21-22-17(27-16)20-15(25)10-9-13-11-26-18(19-13)23(12(2)24)14-7-5-4-6-8-14/h4-11H,3H2,1-2H3,(H,20,22,25)/b10-9+. The zero-order chi connectivity index (χ0) is 19.2. The Balaban J connectivity index is 1.70. The lowest BCUT2D eigenvalue weighted by atomic mass is 10.3. The second kappa shape index (κ2) is 8.65. The van der Waals surface area contributed by atoms with Crippen molar-refractivity contribution in [1.82, 2.24) is 15.2 Å². The summed E-state index contributed by atoms with van der Waals surface area (Å²) >= 11 is 2.68. The predicted octanol–water partition coefficient (Wildman–Crippen LogP) is 3.89. The molecular formula is C18H17N5O2S2. The molecule has 2 aromatic heterocycles. The van der Waals surface area contributed by atoms with Gasteiger partial charge in [0.25, 0.3) is 0 Å². The normalized spacial score (nSPS) is 10.9. The number of thiazole rings is 1. The zero-order valence-electron chi connectivity index (χ0n) is 14.7. The van der Waals surface area contributed by atoms with Crippen molar-refractivity contribution in [2.45, 2.75) is 20.3 Å². The van der Waals surface area contributed by atoms with Gasteiger partial charge in [-0.2, -0.15) is 0 Å². The summed E-state index contributed by atoms with van der Waals surface area (Å²) in [4.78, 5) is 30.0. The molecule has 3 rings (SSSR count). The predicted molar refractivity (Wildman–Crippen MR) is 108 cm³/mol. The summed E-state index contributed by atoms with van der Waals surface area (Å²) in [7, 11) is 0. The molecule has 0 saturated carbocycles. The van der Waals surface area contributed by atoms with E-state index in [0.29, 0.717) is 16.0 Å². The van der Waals surface area contributed by atoms with Gasteiger partial charge in [-0.1, -0.05) is 36.5 Å². The molecule has 7 nitrogen and oxygen atoms in total. The largest absolute Gasteiger partial charge is 0.297 e. The number of hydrogen-bond acceptors (Lipinski definition) is 7. The minimum Gasteiger partial charge on any atom is -0.297 e. The van der Waals surface area contributed by atoms with E-state index in [4.69, 9.17) is 0 Å². The number of rotatable bonds is 6. The first-order chi connectivity index (χ1) is 13.1. The lowest BCUT2D eigenvalue weighted by Gasteiger charge is -2.17. The molecule has 0 fully saturated rings. The third-order valence-corrected chi connectivity index (χ3v) is 5.26. The van der Waals surface area contributed by atoms with Gasteiger partial charge in [0.1, 0.15) is 5.01 Å². The van der Waals surface area contributed by atoms with Crippen LogP contribution in [0.4, 0.5) is 16.0 Å². The maximum atomic E-state index is 12.0. The van der Waals surface area contributed by atoms with Crippen molar-refractivity contribution in [2.24, 2.45) is 0 Å². The average molecular weight is 400 g/mol. The van der Waals surface area contributed by atoms with E-state index in [1.165, 1.54) is 40.6 Å². The van der Waals surface area contributed by atoms with E-state index in [9.17, 15) is 9.59 Å². The number of anilines is 3. The van der Waals surface area contributed by atoms with Crippen LogP contribution in [0.1, 0.15) is 24.5 Å². The molecule has 0 spiro atoms. The van der Waals surface area contributed by atoms with Crippen LogP contribution in [0.5, 0.6) is 0 Å². The van der Waals surface area contributed by atoms with Gasteiger partial charge in [-0.25, -0.2) is 4.98 Å². The number of aromatic nitrogens is 3. The minimum atomic E-state index is -0.310. The summed E-state index contributed by atoms with van der Waals surface area (Å²) < 4.78 is 0. The molecule has 3 aromatic rings. The number of carbonyl (C=O) groups excluding carboxylic acids is 2. The molecule has 138 valence electrons. The summed E-state index contributed by atoms with van der Waals surface area (Å²) in [5, 5.41) is 14.2. The molecular weight excluding hydrogens is 382 g/mol. The van der Waals surface area contributed by atoms with Gasteiger partial charge in [0, 0.05) is 18.4 Å². The monoisotopic (exact) mass is 399 g/mol. The number of aryl methyl sites for hydroxylation is 1. The van der Waals surface area contributed by atoms with Gasteiger partial charge >= 0.3 is 0 Å². The molecule has 27 heavy (non-hydrogen) atoms. The number of hydrogen-bond donors (Lipinski definition) is 1. The van der Waals surface area contributed by atoms with Crippen molar-refractivity contribution >= 4 is 56.5 Å². The highest BCUT2D eigenvalue weighted by Gasteiger charge is 2.17. The Labute approximate surface area is 164 Å². The fourth-order valence-corrected chi connectivity index (χ4v) is 3.75. The lowest BCUT2D eigenvalue weighted by molar-refractivity contribution is -0.116. The van der Waals surface area contributed by atoms with Crippen molar-refractivity contribution in [3.8, 4) is 0 Å². The van der Waals surface area contributed by atoms with Gasteiger partial charge in [0.15, 0.2) is 5.13 Å². The first-order valence-electron chi connectivity index (χ1n) is 8.19. The molecule has 1 N–H and O–H groups in total. The SMILES string of the molecule is CCc1nnc(NC(=O)/C=C/c2csc(N(C(C)=O)c3ccccc3)n2)s1. The van der Waals surface area contributed by atoms with Crippen LogP contribution in [0.25, 0.3) is 6.08 Å². The van der Waals surface area contributed by atoms with E-state index in [1.54, 1.807) is 11.5 Å². The molecule has 0 radical (unpaired) electrons. The van der Waals surface area contributed by atoms with Gasteiger partial charge < -0.3 is 0 Å². The number of para-hydroxylation sites is 1. The average Bonchev–Trinajstić information content (AvgIpc) is 3.30. The maximum Gasteiger partial charge on any atom is 0.250 e. The smallest absolute Gasteiger partial charge is 0.250 e. The molecule has 0 atom stereocenters. The van der Waals surface area contributed by atoms with Crippen molar-refractivity contribution in [1.29, 1.82) is 0 Å². The number of nitrogens with zero attached hydrogens (tertiary/aromatic N) is 4. The summed E-state index contributed by atoms with van der Waals surface area (Å²) in [5.41, 5.74) is 1.34. The van der Waals surface area contributed by atoms with E-state index in [0.717, 1.165) is 17.1 Å². The second-order valence-electron chi connectivity index (χ2n) is 5.42. The molecule has 0 aliphatic rings. The van der Waals surface area contributed by atoms with E-state index < -0.39 is 0 Å². The third kappa shape index (κ3) is 4.83. The Bertz CT molecular complexity index is 965.